The summed E-state index contributed by atoms with van der Waals surface area (Å²) in [7, 11) is 0. The van der Waals surface area contributed by atoms with Crippen LogP contribution in [0.3, 0.4) is 0 Å². The van der Waals surface area contributed by atoms with E-state index in [-0.39, 0.29) is 23.2 Å². The maximum atomic E-state index is 14.4. The minimum Gasteiger partial charge on any atom is -0.365 e. The zero-order chi connectivity index (χ0) is 23.8. The molecule has 8 nitrogen and oxygen atoms in total. The molecule has 0 radical (unpaired) electrons. The van der Waals surface area contributed by atoms with Gasteiger partial charge in [-0.25, -0.2) is 9.37 Å². The number of benzene rings is 2. The normalized spacial score (nSPS) is 13.2. The van der Waals surface area contributed by atoms with E-state index in [1.807, 2.05) is 0 Å². The third-order valence-electron chi connectivity index (χ3n) is 4.94. The molecule has 12 heteroatoms. The first-order valence-electron chi connectivity index (χ1n) is 9.62. The van der Waals surface area contributed by atoms with E-state index in [0.29, 0.717) is 35.8 Å². The number of carbonyl (C=O) groups is 2. The molecular weight excluding hydrogens is 444 g/mol. The van der Waals surface area contributed by atoms with Crippen molar-refractivity contribution in [1.82, 2.24) is 15.3 Å². The van der Waals surface area contributed by atoms with Crippen LogP contribution < -0.4 is 21.7 Å². The van der Waals surface area contributed by atoms with Crippen molar-refractivity contribution in [2.45, 2.75) is 12.6 Å². The number of nitrogens with zero attached hydrogens (tertiary/aromatic N) is 2. The third kappa shape index (κ3) is 4.40. The molecule has 5 N–H and O–H groups in total. The minimum absolute atomic E-state index is 0.0632. The van der Waals surface area contributed by atoms with Gasteiger partial charge in [0.2, 0.25) is 5.95 Å². The van der Waals surface area contributed by atoms with Gasteiger partial charge in [0, 0.05) is 24.0 Å². The Morgan fingerprint density at radius 3 is 2.55 bits per heavy atom. The SMILES string of the molecule is NC(=O)c1cnc(Nc2cccc(C(F)(F)F)c2F)nc1Nc1cccc2c1CCNC2=O. The predicted octanol–water partition coefficient (Wildman–Crippen LogP) is 3.51. The number of carbonyl (C=O) groups excluding carboxylic acids is 2. The van der Waals surface area contributed by atoms with Crippen molar-refractivity contribution < 1.29 is 27.2 Å². The van der Waals surface area contributed by atoms with Gasteiger partial charge in [-0.1, -0.05) is 12.1 Å². The first kappa shape index (κ1) is 22.0. The summed E-state index contributed by atoms with van der Waals surface area (Å²) in [5.41, 5.74) is 4.96. The first-order valence-corrected chi connectivity index (χ1v) is 9.62. The van der Waals surface area contributed by atoms with Crippen LogP contribution in [-0.4, -0.2) is 28.3 Å². The van der Waals surface area contributed by atoms with Gasteiger partial charge in [0.25, 0.3) is 11.8 Å². The summed E-state index contributed by atoms with van der Waals surface area (Å²) in [4.78, 5) is 31.9. The summed E-state index contributed by atoms with van der Waals surface area (Å²) in [6, 6.07) is 7.69. The molecule has 0 atom stereocenters. The number of amides is 2. The Kier molecular flexibility index (Phi) is 5.58. The molecule has 1 aromatic heterocycles. The zero-order valence-electron chi connectivity index (χ0n) is 16.8. The quantitative estimate of drug-likeness (QED) is 0.433. The predicted molar refractivity (Wildman–Crippen MR) is 111 cm³/mol. The molecule has 170 valence electrons. The second-order valence-electron chi connectivity index (χ2n) is 7.07. The molecule has 1 aliphatic rings. The van der Waals surface area contributed by atoms with E-state index < -0.39 is 29.2 Å². The lowest BCUT2D eigenvalue weighted by Crippen LogP contribution is -2.32. The van der Waals surface area contributed by atoms with E-state index in [1.54, 1.807) is 18.2 Å². The molecule has 4 rings (SSSR count). The van der Waals surface area contributed by atoms with Crippen LogP contribution in [0.5, 0.6) is 0 Å². The van der Waals surface area contributed by atoms with Crippen LogP contribution in [-0.2, 0) is 12.6 Å². The number of primary amides is 1. The fourth-order valence-corrected chi connectivity index (χ4v) is 3.40. The second kappa shape index (κ2) is 8.37. The highest BCUT2D eigenvalue weighted by molar-refractivity contribution is 6.00. The molecule has 2 aromatic carbocycles. The summed E-state index contributed by atoms with van der Waals surface area (Å²) in [6.07, 6.45) is -3.31. The zero-order valence-corrected chi connectivity index (χ0v) is 16.8. The number of hydrogen-bond donors (Lipinski definition) is 4. The van der Waals surface area contributed by atoms with Crippen molar-refractivity contribution in [2.24, 2.45) is 5.73 Å². The number of nitrogens with two attached hydrogens (primary N) is 1. The monoisotopic (exact) mass is 460 g/mol. The third-order valence-corrected chi connectivity index (χ3v) is 4.94. The summed E-state index contributed by atoms with van der Waals surface area (Å²) in [5.74, 6) is -2.97. The van der Waals surface area contributed by atoms with Gasteiger partial charge >= 0.3 is 6.18 Å². The summed E-state index contributed by atoms with van der Waals surface area (Å²) in [6.45, 7) is 0.415. The van der Waals surface area contributed by atoms with Crippen molar-refractivity contribution in [3.05, 3.63) is 70.7 Å². The van der Waals surface area contributed by atoms with Crippen LogP contribution in [0.1, 0.15) is 31.8 Å². The number of rotatable bonds is 5. The Morgan fingerprint density at radius 1 is 1.09 bits per heavy atom. The molecule has 0 unspecified atom stereocenters. The fourth-order valence-electron chi connectivity index (χ4n) is 3.40. The van der Waals surface area contributed by atoms with E-state index in [0.717, 1.165) is 18.3 Å². The number of alkyl halides is 3. The minimum atomic E-state index is -4.89. The number of fused-ring (bicyclic) bond motifs is 1. The lowest BCUT2D eigenvalue weighted by Gasteiger charge is -2.21. The lowest BCUT2D eigenvalue weighted by atomic mass is 9.98. The van der Waals surface area contributed by atoms with E-state index in [1.165, 1.54) is 0 Å². The van der Waals surface area contributed by atoms with E-state index >= 15 is 0 Å². The van der Waals surface area contributed by atoms with Crippen LogP contribution in [0.2, 0.25) is 0 Å². The molecular formula is C21H16F4N6O2. The van der Waals surface area contributed by atoms with Crippen LogP contribution in [0, 0.1) is 5.82 Å². The maximum Gasteiger partial charge on any atom is 0.419 e. The average Bonchev–Trinajstić information content (AvgIpc) is 2.75. The number of anilines is 4. The number of aromatic nitrogens is 2. The molecule has 0 aliphatic carbocycles. The topological polar surface area (TPSA) is 122 Å². The van der Waals surface area contributed by atoms with E-state index in [9.17, 15) is 27.2 Å². The molecule has 3 aromatic rings. The molecule has 0 spiro atoms. The molecule has 0 saturated heterocycles. The Hall–Kier alpha value is -4.22. The molecule has 2 amide bonds. The van der Waals surface area contributed by atoms with Crippen molar-refractivity contribution in [3.63, 3.8) is 0 Å². The number of nitrogens with one attached hydrogen (secondary N) is 3. The van der Waals surface area contributed by atoms with Gasteiger partial charge < -0.3 is 21.7 Å². The van der Waals surface area contributed by atoms with Gasteiger partial charge in [0.1, 0.15) is 11.4 Å². The summed E-state index contributed by atoms with van der Waals surface area (Å²) >= 11 is 0. The lowest BCUT2D eigenvalue weighted by molar-refractivity contribution is -0.139. The molecule has 0 fully saturated rings. The van der Waals surface area contributed by atoms with E-state index in [2.05, 4.69) is 25.9 Å². The molecule has 0 bridgehead atoms. The first-order chi connectivity index (χ1) is 15.6. The largest absolute Gasteiger partial charge is 0.419 e. The Morgan fingerprint density at radius 2 is 1.82 bits per heavy atom. The molecule has 1 aliphatic heterocycles. The van der Waals surface area contributed by atoms with Gasteiger partial charge in [0.15, 0.2) is 5.82 Å². The van der Waals surface area contributed by atoms with Crippen LogP contribution >= 0.6 is 0 Å². The van der Waals surface area contributed by atoms with E-state index in [4.69, 9.17) is 5.73 Å². The smallest absolute Gasteiger partial charge is 0.365 e. The highest BCUT2D eigenvalue weighted by Crippen LogP contribution is 2.35. The van der Waals surface area contributed by atoms with Crippen LogP contribution in [0.4, 0.5) is 40.7 Å². The molecule has 33 heavy (non-hydrogen) atoms. The standard InChI is InChI=1S/C21H16F4N6O2/c22-16-13(21(23,24)25)4-2-6-15(16)30-20-28-9-12(17(26)32)18(31-20)29-14-5-1-3-11-10(14)7-8-27-19(11)33/h1-6,9H,7-8H2,(H2,26,32)(H,27,33)(H2,28,29,30,31). The van der Waals surface area contributed by atoms with Gasteiger partial charge in [-0.3, -0.25) is 9.59 Å². The van der Waals surface area contributed by atoms with Gasteiger partial charge in [0.05, 0.1) is 11.3 Å². The fraction of sp³-hybridized carbons (Fsp3) is 0.143. The Labute approximate surface area is 184 Å². The van der Waals surface area contributed by atoms with Gasteiger partial charge in [-0.05, 0) is 36.2 Å². The summed E-state index contributed by atoms with van der Waals surface area (Å²) in [5, 5.41) is 8.05. The Bertz CT molecular complexity index is 1260. The van der Waals surface area contributed by atoms with Gasteiger partial charge in [-0.15, -0.1) is 0 Å². The maximum absolute atomic E-state index is 14.4. The van der Waals surface area contributed by atoms with Crippen molar-refractivity contribution in [2.75, 3.05) is 17.2 Å². The highest BCUT2D eigenvalue weighted by atomic mass is 19.4. The molecule has 0 saturated carbocycles. The number of halogens is 4. The van der Waals surface area contributed by atoms with Gasteiger partial charge in [-0.2, -0.15) is 18.2 Å². The van der Waals surface area contributed by atoms with Crippen molar-refractivity contribution >= 4 is 35.0 Å². The van der Waals surface area contributed by atoms with Crippen molar-refractivity contribution in [1.29, 1.82) is 0 Å². The average molecular weight is 460 g/mol. The van der Waals surface area contributed by atoms with Crippen LogP contribution in [0.25, 0.3) is 0 Å². The number of hydrogen-bond acceptors (Lipinski definition) is 6. The van der Waals surface area contributed by atoms with Crippen molar-refractivity contribution in [3.8, 4) is 0 Å². The highest BCUT2D eigenvalue weighted by Gasteiger charge is 2.35. The summed E-state index contributed by atoms with van der Waals surface area (Å²) < 4.78 is 53.3. The Balaban J connectivity index is 1.71. The second-order valence-corrected chi connectivity index (χ2v) is 7.07. The van der Waals surface area contributed by atoms with Crippen LogP contribution in [0.15, 0.2) is 42.6 Å². The molecule has 2 heterocycles.